The number of thiazole rings is 1. The number of aryl methyl sites for hydroxylation is 1. The maximum atomic E-state index is 12.6. The molecular weight excluding hydrogens is 420 g/mol. The number of aromatic nitrogens is 1. The highest BCUT2D eigenvalue weighted by molar-refractivity contribution is 7.91. The first-order valence-electron chi connectivity index (χ1n) is 9.26. The molecule has 1 aromatic heterocycles. The molecular formula is C21H24N4O3S2. The molecule has 30 heavy (non-hydrogen) atoms. The highest BCUT2D eigenvalue weighted by Gasteiger charge is 2.26. The number of hydrogen-bond donors (Lipinski definition) is 1. The Morgan fingerprint density at radius 1 is 1.03 bits per heavy atom. The summed E-state index contributed by atoms with van der Waals surface area (Å²) < 4.78 is 26.1. The van der Waals surface area contributed by atoms with Gasteiger partial charge in [-0.25, -0.2) is 22.5 Å². The van der Waals surface area contributed by atoms with Crippen LogP contribution in [-0.4, -0.2) is 44.9 Å². The zero-order valence-electron chi connectivity index (χ0n) is 17.3. The Morgan fingerprint density at radius 2 is 1.70 bits per heavy atom. The van der Waals surface area contributed by atoms with Crippen molar-refractivity contribution in [3.63, 3.8) is 0 Å². The summed E-state index contributed by atoms with van der Waals surface area (Å²) in [6, 6.07) is 17.6. The SMILES string of the molecule is Cc1nc(N(C)C(=O)NCc2cccc(-c3ccccc3)c2)sc1S(=O)(=O)N(C)C. The van der Waals surface area contributed by atoms with Crippen LogP contribution in [0.1, 0.15) is 11.3 Å². The summed E-state index contributed by atoms with van der Waals surface area (Å²) >= 11 is 0.977. The van der Waals surface area contributed by atoms with Gasteiger partial charge in [0.2, 0.25) is 0 Å². The molecule has 0 atom stereocenters. The van der Waals surface area contributed by atoms with Crippen LogP contribution < -0.4 is 10.2 Å². The summed E-state index contributed by atoms with van der Waals surface area (Å²) in [7, 11) is 0.901. The van der Waals surface area contributed by atoms with Gasteiger partial charge in [0.25, 0.3) is 10.0 Å². The van der Waals surface area contributed by atoms with Crippen LogP contribution in [0.2, 0.25) is 0 Å². The smallest absolute Gasteiger partial charge is 0.323 e. The first kappa shape index (κ1) is 21.9. The minimum Gasteiger partial charge on any atom is -0.334 e. The van der Waals surface area contributed by atoms with Crippen molar-refractivity contribution < 1.29 is 13.2 Å². The van der Waals surface area contributed by atoms with Gasteiger partial charge in [-0.1, -0.05) is 59.9 Å². The second-order valence-electron chi connectivity index (χ2n) is 6.94. The Labute approximate surface area is 181 Å². The normalized spacial score (nSPS) is 11.5. The lowest BCUT2D eigenvalue weighted by Gasteiger charge is -2.15. The third-order valence-corrected chi connectivity index (χ3v) is 8.16. The Bertz CT molecular complexity index is 1140. The quantitative estimate of drug-likeness (QED) is 0.628. The van der Waals surface area contributed by atoms with E-state index in [1.807, 2.05) is 54.6 Å². The summed E-state index contributed by atoms with van der Waals surface area (Å²) in [5.74, 6) is 0. The molecule has 3 rings (SSSR count). The first-order valence-corrected chi connectivity index (χ1v) is 11.5. The van der Waals surface area contributed by atoms with Crippen LogP contribution >= 0.6 is 11.3 Å². The summed E-state index contributed by atoms with van der Waals surface area (Å²) in [6.45, 7) is 1.97. The summed E-state index contributed by atoms with van der Waals surface area (Å²) in [5, 5.41) is 3.18. The van der Waals surface area contributed by atoms with E-state index in [0.29, 0.717) is 17.4 Å². The predicted octanol–water partition coefficient (Wildman–Crippen LogP) is 3.71. The summed E-state index contributed by atoms with van der Waals surface area (Å²) in [5.41, 5.74) is 3.52. The number of amides is 2. The fourth-order valence-electron chi connectivity index (χ4n) is 2.79. The van der Waals surface area contributed by atoms with Crippen molar-refractivity contribution in [3.8, 4) is 11.1 Å². The van der Waals surface area contributed by atoms with Crippen molar-refractivity contribution in [1.29, 1.82) is 0 Å². The number of nitrogens with zero attached hydrogens (tertiary/aromatic N) is 3. The summed E-state index contributed by atoms with van der Waals surface area (Å²) in [6.07, 6.45) is 0. The molecule has 0 saturated carbocycles. The van der Waals surface area contributed by atoms with E-state index in [-0.39, 0.29) is 10.2 Å². The molecule has 0 fully saturated rings. The van der Waals surface area contributed by atoms with Gasteiger partial charge in [0.15, 0.2) is 9.34 Å². The number of rotatable bonds is 6. The van der Waals surface area contributed by atoms with Gasteiger partial charge < -0.3 is 5.32 Å². The number of benzene rings is 2. The van der Waals surface area contributed by atoms with Crippen molar-refractivity contribution in [2.24, 2.45) is 0 Å². The molecule has 0 unspecified atom stereocenters. The number of anilines is 1. The van der Waals surface area contributed by atoms with Crippen LogP contribution in [0, 0.1) is 6.92 Å². The Kier molecular flexibility index (Phi) is 6.55. The van der Waals surface area contributed by atoms with Gasteiger partial charge in [0.1, 0.15) is 0 Å². The average Bonchev–Trinajstić information content (AvgIpc) is 3.14. The van der Waals surface area contributed by atoms with Crippen molar-refractivity contribution >= 4 is 32.5 Å². The highest BCUT2D eigenvalue weighted by Crippen LogP contribution is 2.30. The standard InChI is InChI=1S/C21H24N4O3S2/c1-15-19(30(27,28)24(2)3)29-21(23-15)25(4)20(26)22-14-16-9-8-12-18(13-16)17-10-6-5-7-11-17/h5-13H,14H2,1-4H3,(H,22,26). The fraction of sp³-hybridized carbons (Fsp3) is 0.238. The number of carbonyl (C=O) groups is 1. The molecule has 9 heteroatoms. The van der Waals surface area contributed by atoms with E-state index in [2.05, 4.69) is 10.3 Å². The zero-order chi connectivity index (χ0) is 21.9. The third kappa shape index (κ3) is 4.69. The van der Waals surface area contributed by atoms with E-state index in [0.717, 1.165) is 32.3 Å². The van der Waals surface area contributed by atoms with Crippen LogP contribution in [0.25, 0.3) is 11.1 Å². The lowest BCUT2D eigenvalue weighted by molar-refractivity contribution is 0.247. The minimum atomic E-state index is -3.60. The number of carbonyl (C=O) groups excluding carboxylic acids is 1. The van der Waals surface area contributed by atoms with Crippen LogP contribution in [0.5, 0.6) is 0 Å². The molecule has 2 aromatic carbocycles. The fourth-order valence-corrected chi connectivity index (χ4v) is 5.40. The summed E-state index contributed by atoms with van der Waals surface area (Å²) in [4.78, 5) is 18.2. The lowest BCUT2D eigenvalue weighted by Crippen LogP contribution is -2.36. The van der Waals surface area contributed by atoms with E-state index in [1.54, 1.807) is 14.0 Å². The van der Waals surface area contributed by atoms with Crippen LogP contribution in [0.3, 0.4) is 0 Å². The number of nitrogens with one attached hydrogen (secondary N) is 1. The van der Waals surface area contributed by atoms with Gasteiger partial charge in [-0.3, -0.25) is 4.90 Å². The molecule has 7 nitrogen and oxygen atoms in total. The zero-order valence-corrected chi connectivity index (χ0v) is 18.9. The van der Waals surface area contributed by atoms with Crippen molar-refractivity contribution in [3.05, 3.63) is 65.9 Å². The first-order chi connectivity index (χ1) is 14.2. The maximum Gasteiger partial charge on any atom is 0.323 e. The van der Waals surface area contributed by atoms with E-state index in [4.69, 9.17) is 0 Å². The van der Waals surface area contributed by atoms with Gasteiger partial charge in [0, 0.05) is 27.7 Å². The Balaban J connectivity index is 1.70. The Morgan fingerprint density at radius 3 is 2.37 bits per heavy atom. The molecule has 0 spiro atoms. The van der Waals surface area contributed by atoms with Gasteiger partial charge in [-0.15, -0.1) is 0 Å². The highest BCUT2D eigenvalue weighted by atomic mass is 32.2. The molecule has 0 aliphatic carbocycles. The maximum absolute atomic E-state index is 12.6. The van der Waals surface area contributed by atoms with Crippen molar-refractivity contribution in [2.45, 2.75) is 17.7 Å². The van der Waals surface area contributed by atoms with E-state index in [9.17, 15) is 13.2 Å². The van der Waals surface area contributed by atoms with Gasteiger partial charge >= 0.3 is 6.03 Å². The molecule has 158 valence electrons. The topological polar surface area (TPSA) is 82.6 Å². The third-order valence-electron chi connectivity index (χ3n) is 4.53. The molecule has 2 amide bonds. The molecule has 1 heterocycles. The van der Waals surface area contributed by atoms with Crippen molar-refractivity contribution in [2.75, 3.05) is 26.0 Å². The average molecular weight is 445 g/mol. The second-order valence-corrected chi connectivity index (χ2v) is 10.3. The molecule has 3 aromatic rings. The molecule has 0 saturated heterocycles. The molecule has 1 N–H and O–H groups in total. The van der Waals surface area contributed by atoms with E-state index >= 15 is 0 Å². The van der Waals surface area contributed by atoms with Gasteiger partial charge in [0.05, 0.1) is 5.69 Å². The van der Waals surface area contributed by atoms with Crippen molar-refractivity contribution in [1.82, 2.24) is 14.6 Å². The van der Waals surface area contributed by atoms with Crippen LogP contribution in [-0.2, 0) is 16.6 Å². The molecule has 0 aliphatic heterocycles. The Hall–Kier alpha value is -2.75. The van der Waals surface area contributed by atoms with Crippen LogP contribution in [0.4, 0.5) is 9.93 Å². The largest absolute Gasteiger partial charge is 0.334 e. The molecule has 0 aliphatic rings. The van der Waals surface area contributed by atoms with Gasteiger partial charge in [-0.2, -0.15) is 0 Å². The minimum absolute atomic E-state index is 0.137. The molecule has 0 bridgehead atoms. The number of hydrogen-bond acceptors (Lipinski definition) is 5. The number of sulfonamides is 1. The monoisotopic (exact) mass is 444 g/mol. The van der Waals surface area contributed by atoms with E-state index < -0.39 is 10.0 Å². The van der Waals surface area contributed by atoms with E-state index in [1.165, 1.54) is 19.0 Å². The second kappa shape index (κ2) is 8.95. The number of urea groups is 1. The predicted molar refractivity (Wildman–Crippen MR) is 120 cm³/mol. The lowest BCUT2D eigenvalue weighted by atomic mass is 10.0. The molecule has 0 radical (unpaired) electrons. The van der Waals surface area contributed by atoms with Gasteiger partial charge in [-0.05, 0) is 29.7 Å². The van der Waals surface area contributed by atoms with Crippen LogP contribution in [0.15, 0.2) is 58.8 Å².